The van der Waals surface area contributed by atoms with Crippen LogP contribution in [0, 0.1) is 6.92 Å². The Balaban J connectivity index is 2.43. The Kier molecular flexibility index (Phi) is 5.04. The van der Waals surface area contributed by atoms with E-state index in [-0.39, 0.29) is 11.2 Å². The summed E-state index contributed by atoms with van der Waals surface area (Å²) < 4.78 is 7.07. The molecule has 2 N–H and O–H groups in total. The summed E-state index contributed by atoms with van der Waals surface area (Å²) in [5, 5.41) is 0. The molecule has 0 unspecified atom stereocenters. The molecule has 7 nitrogen and oxygen atoms in total. The van der Waals surface area contributed by atoms with Gasteiger partial charge in [0.1, 0.15) is 6.04 Å². The first-order valence-electron chi connectivity index (χ1n) is 7.46. The molecule has 0 radical (unpaired) electrons. The lowest BCUT2D eigenvalue weighted by atomic mass is 9.97. The Bertz CT molecular complexity index is 896. The van der Waals surface area contributed by atoms with Crippen LogP contribution in [0.1, 0.15) is 11.1 Å². The Morgan fingerprint density at radius 3 is 2.50 bits per heavy atom. The van der Waals surface area contributed by atoms with Crippen LogP contribution in [0.5, 0.6) is 0 Å². The highest BCUT2D eigenvalue weighted by molar-refractivity contribution is 5.76. The number of methoxy groups -OCH3 is 1. The zero-order chi connectivity index (χ0) is 18.0. The molecule has 0 saturated heterocycles. The number of carbonyl (C=O) groups is 1. The predicted molar refractivity (Wildman–Crippen MR) is 90.8 cm³/mol. The van der Waals surface area contributed by atoms with E-state index in [1.165, 1.54) is 24.9 Å². The molecule has 1 atom stereocenters. The Morgan fingerprint density at radius 2 is 1.92 bits per heavy atom. The third-order valence-corrected chi connectivity index (χ3v) is 3.99. The number of nitrogens with zero attached hydrogens (tertiary/aromatic N) is 2. The van der Waals surface area contributed by atoms with Gasteiger partial charge < -0.3 is 15.0 Å². The lowest BCUT2D eigenvalue weighted by Gasteiger charge is -2.13. The van der Waals surface area contributed by atoms with Crippen molar-refractivity contribution in [2.75, 3.05) is 7.11 Å². The van der Waals surface area contributed by atoms with Crippen LogP contribution in [0.25, 0.3) is 11.1 Å². The van der Waals surface area contributed by atoms with E-state index >= 15 is 0 Å². The van der Waals surface area contributed by atoms with Gasteiger partial charge in [0.15, 0.2) is 0 Å². The van der Waals surface area contributed by atoms with Gasteiger partial charge in [-0.3, -0.25) is 14.2 Å². The Labute approximate surface area is 139 Å². The molecule has 2 rings (SSSR count). The van der Waals surface area contributed by atoms with Crippen LogP contribution in [-0.4, -0.2) is 28.3 Å². The summed E-state index contributed by atoms with van der Waals surface area (Å²) in [6.07, 6.45) is 1.88. The number of ether oxygens (including phenoxy) is 1. The van der Waals surface area contributed by atoms with Gasteiger partial charge in [-0.1, -0.05) is 18.2 Å². The molecule has 0 aliphatic heterocycles. The van der Waals surface area contributed by atoms with Gasteiger partial charge in [-0.2, -0.15) is 0 Å². The first kappa shape index (κ1) is 17.7. The quantitative estimate of drug-likeness (QED) is 0.802. The second kappa shape index (κ2) is 6.84. The maximum Gasteiger partial charge on any atom is 0.330 e. The summed E-state index contributed by atoms with van der Waals surface area (Å²) in [4.78, 5) is 35.6. The fraction of sp³-hybridized carbons (Fsp3) is 0.353. The van der Waals surface area contributed by atoms with Crippen LogP contribution in [0.15, 0.2) is 34.0 Å². The van der Waals surface area contributed by atoms with Gasteiger partial charge in [0.2, 0.25) is 0 Å². The van der Waals surface area contributed by atoms with Crippen LogP contribution in [-0.2, 0) is 30.0 Å². The smallest absolute Gasteiger partial charge is 0.330 e. The van der Waals surface area contributed by atoms with Crippen molar-refractivity contribution in [1.29, 1.82) is 0 Å². The van der Waals surface area contributed by atoms with Gasteiger partial charge in [0.05, 0.1) is 12.7 Å². The van der Waals surface area contributed by atoms with Crippen molar-refractivity contribution in [3.05, 3.63) is 56.4 Å². The largest absolute Gasteiger partial charge is 0.468 e. The molecule has 0 fully saturated rings. The van der Waals surface area contributed by atoms with Crippen LogP contribution in [0.2, 0.25) is 0 Å². The van der Waals surface area contributed by atoms with Crippen LogP contribution in [0.3, 0.4) is 0 Å². The number of benzene rings is 1. The average Bonchev–Trinajstić information content (AvgIpc) is 2.56. The molecule has 1 aromatic carbocycles. The lowest BCUT2D eigenvalue weighted by molar-refractivity contribution is -0.142. The van der Waals surface area contributed by atoms with Gasteiger partial charge in [-0.05, 0) is 30.0 Å². The summed E-state index contributed by atoms with van der Waals surface area (Å²) in [6.45, 7) is 1.87. The van der Waals surface area contributed by atoms with Crippen molar-refractivity contribution in [2.24, 2.45) is 19.8 Å². The third-order valence-electron chi connectivity index (χ3n) is 3.99. The number of nitrogens with two attached hydrogens (primary N) is 1. The molecular weight excluding hydrogens is 310 g/mol. The summed E-state index contributed by atoms with van der Waals surface area (Å²) in [5.41, 5.74) is 7.97. The maximum atomic E-state index is 12.4. The summed E-state index contributed by atoms with van der Waals surface area (Å²) in [7, 11) is 4.35. The van der Waals surface area contributed by atoms with E-state index in [9.17, 15) is 14.4 Å². The van der Waals surface area contributed by atoms with Crippen LogP contribution >= 0.6 is 0 Å². The normalized spacial score (nSPS) is 12.0. The number of rotatable bonds is 4. The van der Waals surface area contributed by atoms with Crippen molar-refractivity contribution in [1.82, 2.24) is 9.13 Å². The SMILES string of the molecule is COC(=O)[C@@H](N)Cc1ccc(-c2cn(C)c(=O)n(C)c2=O)c(C)c1. The van der Waals surface area contributed by atoms with Crippen LogP contribution in [0.4, 0.5) is 0 Å². The highest BCUT2D eigenvalue weighted by Gasteiger charge is 2.16. The van der Waals surface area contributed by atoms with E-state index in [2.05, 4.69) is 4.74 Å². The van der Waals surface area contributed by atoms with E-state index in [0.29, 0.717) is 12.0 Å². The predicted octanol–water partition coefficient (Wildman–Crippen LogP) is 0.102. The molecule has 0 aliphatic rings. The third kappa shape index (κ3) is 3.30. The number of carbonyl (C=O) groups excluding carboxylic acids is 1. The number of aryl methyl sites for hydroxylation is 2. The molecule has 1 heterocycles. The minimum absolute atomic E-state index is 0.346. The number of aromatic nitrogens is 2. The molecule has 0 spiro atoms. The first-order valence-corrected chi connectivity index (χ1v) is 7.46. The molecule has 2 aromatic rings. The van der Waals surface area contributed by atoms with Gasteiger partial charge in [0, 0.05) is 20.3 Å². The van der Waals surface area contributed by atoms with Gasteiger partial charge in [-0.25, -0.2) is 4.79 Å². The van der Waals surface area contributed by atoms with E-state index < -0.39 is 12.0 Å². The van der Waals surface area contributed by atoms with Gasteiger partial charge in [-0.15, -0.1) is 0 Å². The highest BCUT2D eigenvalue weighted by Crippen LogP contribution is 2.21. The van der Waals surface area contributed by atoms with Crippen molar-refractivity contribution in [2.45, 2.75) is 19.4 Å². The average molecular weight is 331 g/mol. The molecule has 0 aliphatic carbocycles. The molecule has 0 saturated carbocycles. The summed E-state index contributed by atoms with van der Waals surface area (Å²) >= 11 is 0. The van der Waals surface area contributed by atoms with E-state index in [4.69, 9.17) is 5.73 Å². The van der Waals surface area contributed by atoms with Crippen molar-refractivity contribution in [3.63, 3.8) is 0 Å². The van der Waals surface area contributed by atoms with Gasteiger partial charge >= 0.3 is 11.7 Å². The maximum absolute atomic E-state index is 12.4. The fourth-order valence-electron chi connectivity index (χ4n) is 2.64. The zero-order valence-corrected chi connectivity index (χ0v) is 14.2. The van der Waals surface area contributed by atoms with Crippen LogP contribution < -0.4 is 17.0 Å². The summed E-state index contributed by atoms with van der Waals surface area (Å²) in [6, 6.07) is 4.76. The molecule has 0 amide bonds. The first-order chi connectivity index (χ1) is 11.3. The molecule has 128 valence electrons. The van der Waals surface area contributed by atoms with E-state index in [1.807, 2.05) is 19.1 Å². The number of hydrogen-bond donors (Lipinski definition) is 1. The minimum Gasteiger partial charge on any atom is -0.468 e. The van der Waals surface area contributed by atoms with E-state index in [0.717, 1.165) is 21.3 Å². The topological polar surface area (TPSA) is 96.3 Å². The standard InChI is InChI=1S/C17H21N3O4/c1-10-7-11(8-14(18)16(22)24-4)5-6-12(10)13-9-19(2)17(23)20(3)15(13)21/h5-7,9,14H,8,18H2,1-4H3/t14-/m0/s1. The molecular formula is C17H21N3O4. The van der Waals surface area contributed by atoms with Crippen molar-refractivity contribution >= 4 is 5.97 Å². The van der Waals surface area contributed by atoms with E-state index in [1.54, 1.807) is 13.1 Å². The Morgan fingerprint density at radius 1 is 1.25 bits per heavy atom. The molecule has 0 bridgehead atoms. The fourth-order valence-corrected chi connectivity index (χ4v) is 2.64. The minimum atomic E-state index is -0.731. The van der Waals surface area contributed by atoms with Gasteiger partial charge in [0.25, 0.3) is 5.56 Å². The van der Waals surface area contributed by atoms with Crippen molar-refractivity contribution < 1.29 is 9.53 Å². The Hall–Kier alpha value is -2.67. The molecule has 7 heteroatoms. The number of esters is 1. The second-order valence-corrected chi connectivity index (χ2v) is 5.78. The molecule has 1 aromatic heterocycles. The molecule has 24 heavy (non-hydrogen) atoms. The number of hydrogen-bond acceptors (Lipinski definition) is 5. The summed E-state index contributed by atoms with van der Waals surface area (Å²) in [5.74, 6) is -0.469. The van der Waals surface area contributed by atoms with Crippen molar-refractivity contribution in [3.8, 4) is 11.1 Å². The second-order valence-electron chi connectivity index (χ2n) is 5.78. The lowest BCUT2D eigenvalue weighted by Crippen LogP contribution is -2.37. The monoisotopic (exact) mass is 331 g/mol. The zero-order valence-electron chi connectivity index (χ0n) is 14.2. The highest BCUT2D eigenvalue weighted by atomic mass is 16.5.